The average Bonchev–Trinajstić information content (AvgIpc) is 2.04. The van der Waals surface area contributed by atoms with E-state index in [2.05, 4.69) is 15.9 Å². The zero-order chi connectivity index (χ0) is 10.9. The predicted molar refractivity (Wildman–Crippen MR) is 55.9 cm³/mol. The van der Waals surface area contributed by atoms with Crippen molar-refractivity contribution in [2.75, 3.05) is 0 Å². The molecule has 0 unspecified atom stereocenters. The van der Waals surface area contributed by atoms with Gasteiger partial charge in [0.1, 0.15) is 0 Å². The van der Waals surface area contributed by atoms with Gasteiger partial charge in [-0.2, -0.15) is 0 Å². The molecule has 0 radical (unpaired) electrons. The van der Waals surface area contributed by atoms with Gasteiger partial charge in [-0.25, -0.2) is 8.42 Å². The van der Waals surface area contributed by atoms with Crippen LogP contribution in [-0.4, -0.2) is 18.6 Å². The van der Waals surface area contributed by atoms with Crippen molar-refractivity contribution in [3.63, 3.8) is 0 Å². The second-order valence-corrected chi connectivity index (χ2v) is 6.21. The van der Waals surface area contributed by atoms with Crippen molar-refractivity contribution in [2.45, 2.75) is 5.75 Å². The van der Waals surface area contributed by atoms with Gasteiger partial charge in [0.15, 0.2) is 11.5 Å². The van der Waals surface area contributed by atoms with E-state index in [1.54, 1.807) is 0 Å². The minimum Gasteiger partial charge on any atom is -0.504 e. The van der Waals surface area contributed by atoms with Gasteiger partial charge in [-0.1, -0.05) is 15.9 Å². The second kappa shape index (κ2) is 3.96. The van der Waals surface area contributed by atoms with E-state index in [4.69, 9.17) is 15.8 Å². The summed E-state index contributed by atoms with van der Waals surface area (Å²) in [7, 11) is 1.25. The second-order valence-electron chi connectivity index (χ2n) is 2.58. The van der Waals surface area contributed by atoms with E-state index in [0.29, 0.717) is 4.47 Å². The van der Waals surface area contributed by atoms with Gasteiger partial charge < -0.3 is 10.2 Å². The number of rotatable bonds is 2. The van der Waals surface area contributed by atoms with Crippen LogP contribution in [0.2, 0.25) is 0 Å². The monoisotopic (exact) mass is 300 g/mol. The Morgan fingerprint density at radius 3 is 2.43 bits per heavy atom. The fraction of sp³-hybridized carbons (Fsp3) is 0.143. The van der Waals surface area contributed by atoms with E-state index in [9.17, 15) is 13.5 Å². The smallest absolute Gasteiger partial charge is 0.236 e. The van der Waals surface area contributed by atoms with Gasteiger partial charge in [0.05, 0.1) is 5.75 Å². The maximum Gasteiger partial charge on any atom is 0.236 e. The molecule has 0 bridgehead atoms. The quantitative estimate of drug-likeness (QED) is 0.646. The van der Waals surface area contributed by atoms with Crippen molar-refractivity contribution in [2.24, 2.45) is 0 Å². The Morgan fingerprint density at radius 1 is 1.36 bits per heavy atom. The summed E-state index contributed by atoms with van der Waals surface area (Å²) in [5.74, 6) is -1.41. The Morgan fingerprint density at radius 2 is 1.93 bits per heavy atom. The van der Waals surface area contributed by atoms with Gasteiger partial charge in [0, 0.05) is 20.7 Å². The van der Waals surface area contributed by atoms with Crippen molar-refractivity contribution in [3.05, 3.63) is 22.2 Å². The van der Waals surface area contributed by atoms with Crippen LogP contribution in [0.15, 0.2) is 16.6 Å². The summed E-state index contributed by atoms with van der Waals surface area (Å²) in [5, 5.41) is 18.5. The maximum atomic E-state index is 10.8. The molecule has 4 nitrogen and oxygen atoms in total. The molecule has 0 heterocycles. The van der Waals surface area contributed by atoms with Gasteiger partial charge in [-0.15, -0.1) is 0 Å². The summed E-state index contributed by atoms with van der Waals surface area (Å²) in [6.45, 7) is 0. The highest BCUT2D eigenvalue weighted by atomic mass is 79.9. The molecule has 1 aromatic carbocycles. The fourth-order valence-electron chi connectivity index (χ4n) is 0.909. The van der Waals surface area contributed by atoms with Crippen LogP contribution in [0.1, 0.15) is 5.56 Å². The first kappa shape index (κ1) is 11.6. The van der Waals surface area contributed by atoms with Crippen LogP contribution in [0.25, 0.3) is 0 Å². The number of benzene rings is 1. The summed E-state index contributed by atoms with van der Waals surface area (Å²) in [4.78, 5) is 0. The molecule has 0 atom stereocenters. The Hall–Kier alpha value is -0.460. The highest BCUT2D eigenvalue weighted by Crippen LogP contribution is 2.35. The molecule has 7 heteroatoms. The third-order valence-corrected chi connectivity index (χ3v) is 3.22. The number of hydrogen-bond donors (Lipinski definition) is 2. The summed E-state index contributed by atoms with van der Waals surface area (Å²) in [6.07, 6.45) is 0. The molecule has 0 saturated carbocycles. The topological polar surface area (TPSA) is 74.6 Å². The first-order valence-corrected chi connectivity index (χ1v) is 6.70. The molecule has 0 saturated heterocycles. The SMILES string of the molecule is O=S(=O)(Cl)Cc1c(Br)ccc(O)c1O. The van der Waals surface area contributed by atoms with Crippen LogP contribution in [0.3, 0.4) is 0 Å². The van der Waals surface area contributed by atoms with Crippen molar-refractivity contribution in [1.82, 2.24) is 0 Å². The fourth-order valence-corrected chi connectivity index (χ4v) is 2.52. The molecule has 0 aliphatic rings. The Bertz CT molecular complexity index is 457. The number of aromatic hydroxyl groups is 2. The largest absolute Gasteiger partial charge is 0.504 e. The summed E-state index contributed by atoms with van der Waals surface area (Å²) >= 11 is 3.04. The van der Waals surface area contributed by atoms with E-state index in [0.717, 1.165) is 0 Å². The van der Waals surface area contributed by atoms with Crippen LogP contribution in [0.4, 0.5) is 0 Å². The lowest BCUT2D eigenvalue weighted by molar-refractivity contribution is 0.400. The van der Waals surface area contributed by atoms with Gasteiger partial charge in [0.2, 0.25) is 9.05 Å². The first-order chi connectivity index (χ1) is 6.31. The summed E-state index contributed by atoms with van der Waals surface area (Å²) in [6, 6.07) is 2.66. The van der Waals surface area contributed by atoms with E-state index in [-0.39, 0.29) is 11.3 Å². The summed E-state index contributed by atoms with van der Waals surface area (Å²) in [5.41, 5.74) is 0.0417. The number of phenolic OH excluding ortho intramolecular Hbond substituents is 2. The lowest BCUT2D eigenvalue weighted by atomic mass is 10.2. The van der Waals surface area contributed by atoms with Crippen molar-refractivity contribution < 1.29 is 18.6 Å². The van der Waals surface area contributed by atoms with E-state index >= 15 is 0 Å². The van der Waals surface area contributed by atoms with E-state index in [1.165, 1.54) is 12.1 Å². The zero-order valence-electron chi connectivity index (χ0n) is 6.74. The van der Waals surface area contributed by atoms with Crippen LogP contribution in [-0.2, 0) is 14.8 Å². The predicted octanol–water partition coefficient (Wildman–Crippen LogP) is 1.93. The van der Waals surface area contributed by atoms with Gasteiger partial charge in [-0.3, -0.25) is 0 Å². The molecule has 14 heavy (non-hydrogen) atoms. The Balaban J connectivity index is 3.27. The van der Waals surface area contributed by atoms with E-state index < -0.39 is 20.6 Å². The van der Waals surface area contributed by atoms with Crippen LogP contribution < -0.4 is 0 Å². The van der Waals surface area contributed by atoms with Crippen molar-refractivity contribution in [3.8, 4) is 11.5 Å². The molecule has 0 amide bonds. The number of phenols is 2. The molecule has 0 aliphatic heterocycles. The number of hydrogen-bond acceptors (Lipinski definition) is 4. The molecule has 2 N–H and O–H groups in total. The van der Waals surface area contributed by atoms with Crippen molar-refractivity contribution >= 4 is 35.7 Å². The number of halogens is 2. The van der Waals surface area contributed by atoms with Gasteiger partial charge >= 0.3 is 0 Å². The van der Waals surface area contributed by atoms with E-state index in [1.807, 2.05) is 0 Å². The van der Waals surface area contributed by atoms with Gasteiger partial charge in [0.25, 0.3) is 0 Å². The third kappa shape index (κ3) is 2.76. The van der Waals surface area contributed by atoms with Gasteiger partial charge in [-0.05, 0) is 12.1 Å². The maximum absolute atomic E-state index is 10.8. The average molecular weight is 302 g/mol. The lowest BCUT2D eigenvalue weighted by Gasteiger charge is -2.06. The van der Waals surface area contributed by atoms with Crippen LogP contribution in [0, 0.1) is 0 Å². The molecular formula is C7H6BrClO4S. The molecule has 0 aromatic heterocycles. The summed E-state index contributed by atoms with van der Waals surface area (Å²) < 4.78 is 21.9. The molecule has 0 aliphatic carbocycles. The molecule has 1 rings (SSSR count). The molecule has 0 fully saturated rings. The van der Waals surface area contributed by atoms with Crippen LogP contribution >= 0.6 is 26.6 Å². The Labute approximate surface area is 93.7 Å². The molecule has 0 spiro atoms. The lowest BCUT2D eigenvalue weighted by Crippen LogP contribution is -1.96. The normalized spacial score (nSPS) is 11.6. The standard InChI is InChI=1S/C7H6BrClO4S/c8-5-1-2-6(10)7(11)4(5)3-14(9,12)13/h1-2,10-11H,3H2. The highest BCUT2D eigenvalue weighted by molar-refractivity contribution is 9.10. The third-order valence-electron chi connectivity index (χ3n) is 1.52. The molecule has 78 valence electrons. The minimum absolute atomic E-state index is 0.0417. The van der Waals surface area contributed by atoms with Crippen molar-refractivity contribution in [1.29, 1.82) is 0 Å². The Kier molecular flexibility index (Phi) is 3.28. The highest BCUT2D eigenvalue weighted by Gasteiger charge is 2.16. The zero-order valence-corrected chi connectivity index (χ0v) is 9.90. The molecule has 1 aromatic rings. The molecular weight excluding hydrogens is 295 g/mol. The van der Waals surface area contributed by atoms with Crippen LogP contribution in [0.5, 0.6) is 11.5 Å². The minimum atomic E-state index is -3.77. The first-order valence-electron chi connectivity index (χ1n) is 3.43.